The standard InChI is InChI=1S/C21H19F3N4O3/c22-21(23,24)30-17-8-6-16(7-9-17)25-19(29)13-28-11-15(12-28)20-26-18(27-31-20)10-14-4-2-1-3-5-14/h1-9,15H,10-13H2,(H,25,29). The molecule has 0 unspecified atom stereocenters. The quantitative estimate of drug-likeness (QED) is 0.615. The van der Waals surface area contributed by atoms with Crippen LogP contribution < -0.4 is 10.1 Å². The van der Waals surface area contributed by atoms with Gasteiger partial charge in [0, 0.05) is 25.2 Å². The normalized spacial score (nSPS) is 14.8. The Morgan fingerprint density at radius 1 is 1.13 bits per heavy atom. The molecule has 0 spiro atoms. The fourth-order valence-electron chi connectivity index (χ4n) is 3.28. The molecule has 1 aromatic heterocycles. The number of rotatable bonds is 7. The van der Waals surface area contributed by atoms with Gasteiger partial charge in [-0.15, -0.1) is 13.2 Å². The van der Waals surface area contributed by atoms with Crippen LogP contribution in [-0.2, 0) is 11.2 Å². The summed E-state index contributed by atoms with van der Waals surface area (Å²) in [5, 5.41) is 6.67. The number of nitrogens with zero attached hydrogens (tertiary/aromatic N) is 3. The van der Waals surface area contributed by atoms with E-state index in [1.807, 2.05) is 35.2 Å². The lowest BCUT2D eigenvalue weighted by Gasteiger charge is -2.36. The molecule has 1 aliphatic rings. The summed E-state index contributed by atoms with van der Waals surface area (Å²) in [5.74, 6) is 0.641. The van der Waals surface area contributed by atoms with Gasteiger partial charge < -0.3 is 14.6 Å². The Kier molecular flexibility index (Phi) is 5.90. The first-order chi connectivity index (χ1) is 14.8. The van der Waals surface area contributed by atoms with Gasteiger partial charge in [-0.05, 0) is 29.8 Å². The molecule has 0 saturated carbocycles. The Morgan fingerprint density at radius 3 is 2.52 bits per heavy atom. The molecule has 1 aliphatic heterocycles. The van der Waals surface area contributed by atoms with Crippen molar-refractivity contribution >= 4 is 11.6 Å². The maximum absolute atomic E-state index is 12.2. The van der Waals surface area contributed by atoms with Gasteiger partial charge in [-0.1, -0.05) is 35.5 Å². The van der Waals surface area contributed by atoms with Crippen LogP contribution in [-0.4, -0.2) is 46.9 Å². The first-order valence-electron chi connectivity index (χ1n) is 9.58. The van der Waals surface area contributed by atoms with Crippen LogP contribution in [0.1, 0.15) is 23.2 Å². The molecule has 3 aromatic rings. The van der Waals surface area contributed by atoms with E-state index < -0.39 is 6.36 Å². The number of anilines is 1. The SMILES string of the molecule is O=C(CN1CC(c2nc(Cc3ccccc3)no2)C1)Nc1ccc(OC(F)(F)F)cc1. The maximum Gasteiger partial charge on any atom is 0.573 e. The molecule has 1 saturated heterocycles. The Bertz CT molecular complexity index is 1020. The molecule has 10 heteroatoms. The summed E-state index contributed by atoms with van der Waals surface area (Å²) in [7, 11) is 0. The number of hydrogen-bond donors (Lipinski definition) is 1. The second-order valence-electron chi connectivity index (χ2n) is 7.22. The van der Waals surface area contributed by atoms with Crippen LogP contribution in [0.15, 0.2) is 59.1 Å². The minimum atomic E-state index is -4.75. The molecule has 162 valence electrons. The zero-order valence-corrected chi connectivity index (χ0v) is 16.3. The summed E-state index contributed by atoms with van der Waals surface area (Å²) in [5.41, 5.74) is 1.49. The lowest BCUT2D eigenvalue weighted by atomic mass is 10.0. The average molecular weight is 432 g/mol. The topological polar surface area (TPSA) is 80.5 Å². The number of amides is 1. The molecule has 0 atom stereocenters. The molecule has 1 fully saturated rings. The molecule has 0 bridgehead atoms. The van der Waals surface area contributed by atoms with Crippen molar-refractivity contribution in [2.45, 2.75) is 18.7 Å². The summed E-state index contributed by atoms with van der Waals surface area (Å²) >= 11 is 0. The highest BCUT2D eigenvalue weighted by atomic mass is 19.4. The Labute approximate surface area is 175 Å². The predicted octanol–water partition coefficient (Wildman–Crippen LogP) is 3.60. The van der Waals surface area contributed by atoms with Crippen LogP contribution >= 0.6 is 0 Å². The number of nitrogens with one attached hydrogen (secondary N) is 1. The summed E-state index contributed by atoms with van der Waals surface area (Å²) in [6, 6.07) is 14.8. The van der Waals surface area contributed by atoms with E-state index in [4.69, 9.17) is 4.52 Å². The average Bonchev–Trinajstić information content (AvgIpc) is 3.13. The van der Waals surface area contributed by atoms with Crippen LogP contribution in [0.5, 0.6) is 5.75 Å². The smallest absolute Gasteiger partial charge is 0.406 e. The summed E-state index contributed by atoms with van der Waals surface area (Å²) in [6.07, 6.45) is -4.16. The van der Waals surface area contributed by atoms with Gasteiger partial charge in [-0.2, -0.15) is 4.98 Å². The number of carbonyl (C=O) groups excluding carboxylic acids is 1. The second kappa shape index (κ2) is 8.76. The van der Waals surface area contributed by atoms with Gasteiger partial charge in [0.15, 0.2) is 5.82 Å². The molecule has 0 aliphatic carbocycles. The third kappa shape index (κ3) is 5.82. The summed E-state index contributed by atoms with van der Waals surface area (Å²) in [6.45, 7) is 1.37. The highest BCUT2D eigenvalue weighted by Crippen LogP contribution is 2.26. The van der Waals surface area contributed by atoms with E-state index in [-0.39, 0.29) is 24.1 Å². The van der Waals surface area contributed by atoms with Gasteiger partial charge in [0.05, 0.1) is 12.5 Å². The monoisotopic (exact) mass is 432 g/mol. The van der Waals surface area contributed by atoms with Crippen LogP contribution in [0.2, 0.25) is 0 Å². The summed E-state index contributed by atoms with van der Waals surface area (Å²) in [4.78, 5) is 18.5. The van der Waals surface area contributed by atoms with Crippen molar-refractivity contribution in [1.82, 2.24) is 15.0 Å². The van der Waals surface area contributed by atoms with Crippen molar-refractivity contribution in [3.05, 3.63) is 71.9 Å². The maximum atomic E-state index is 12.2. The largest absolute Gasteiger partial charge is 0.573 e. The van der Waals surface area contributed by atoms with Crippen LogP contribution in [0.3, 0.4) is 0 Å². The van der Waals surface area contributed by atoms with E-state index in [1.165, 1.54) is 12.1 Å². The molecular weight excluding hydrogens is 413 g/mol. The molecule has 1 amide bonds. The fourth-order valence-corrected chi connectivity index (χ4v) is 3.28. The van der Waals surface area contributed by atoms with E-state index >= 15 is 0 Å². The highest BCUT2D eigenvalue weighted by Gasteiger charge is 2.33. The molecular formula is C21H19F3N4O3. The minimum absolute atomic E-state index is 0.0728. The van der Waals surface area contributed by atoms with Gasteiger partial charge >= 0.3 is 6.36 Å². The Hall–Kier alpha value is -3.40. The number of carbonyl (C=O) groups is 1. The first kappa shape index (κ1) is 20.9. The van der Waals surface area contributed by atoms with Crippen LogP contribution in [0, 0.1) is 0 Å². The minimum Gasteiger partial charge on any atom is -0.406 e. The fraction of sp³-hybridized carbons (Fsp3) is 0.286. The van der Waals surface area contributed by atoms with E-state index in [2.05, 4.69) is 20.2 Å². The number of aromatic nitrogens is 2. The number of halogens is 3. The van der Waals surface area contributed by atoms with Gasteiger partial charge in [0.2, 0.25) is 11.8 Å². The molecule has 7 nitrogen and oxygen atoms in total. The van der Waals surface area contributed by atoms with Gasteiger partial charge in [-0.25, -0.2) is 0 Å². The van der Waals surface area contributed by atoms with Crippen molar-refractivity contribution in [2.75, 3.05) is 25.0 Å². The van der Waals surface area contributed by atoms with Crippen molar-refractivity contribution < 1.29 is 27.2 Å². The second-order valence-corrected chi connectivity index (χ2v) is 7.22. The molecule has 0 radical (unpaired) electrons. The first-order valence-corrected chi connectivity index (χ1v) is 9.58. The van der Waals surface area contributed by atoms with Crippen molar-refractivity contribution in [3.63, 3.8) is 0 Å². The van der Waals surface area contributed by atoms with Crippen molar-refractivity contribution in [3.8, 4) is 5.75 Å². The predicted molar refractivity (Wildman–Crippen MR) is 104 cm³/mol. The molecule has 31 heavy (non-hydrogen) atoms. The number of benzene rings is 2. The lowest BCUT2D eigenvalue weighted by Crippen LogP contribution is -2.48. The van der Waals surface area contributed by atoms with Crippen molar-refractivity contribution in [1.29, 1.82) is 0 Å². The third-order valence-electron chi connectivity index (χ3n) is 4.73. The Morgan fingerprint density at radius 2 is 1.84 bits per heavy atom. The summed E-state index contributed by atoms with van der Waals surface area (Å²) < 4.78 is 45.7. The molecule has 2 aromatic carbocycles. The molecule has 4 rings (SSSR count). The lowest BCUT2D eigenvalue weighted by molar-refractivity contribution is -0.274. The highest BCUT2D eigenvalue weighted by molar-refractivity contribution is 5.92. The zero-order valence-electron chi connectivity index (χ0n) is 16.3. The number of ether oxygens (including phenoxy) is 1. The number of hydrogen-bond acceptors (Lipinski definition) is 6. The van der Waals surface area contributed by atoms with Gasteiger partial charge in [-0.3, -0.25) is 9.69 Å². The van der Waals surface area contributed by atoms with Gasteiger partial charge in [0.25, 0.3) is 0 Å². The number of alkyl halides is 3. The van der Waals surface area contributed by atoms with E-state index in [9.17, 15) is 18.0 Å². The van der Waals surface area contributed by atoms with Crippen molar-refractivity contribution in [2.24, 2.45) is 0 Å². The molecule has 1 N–H and O–H groups in total. The van der Waals surface area contributed by atoms with Crippen LogP contribution in [0.4, 0.5) is 18.9 Å². The Balaban J connectivity index is 1.21. The number of likely N-dealkylation sites (tertiary alicyclic amines) is 1. The molecule has 2 heterocycles. The van der Waals surface area contributed by atoms with Crippen LogP contribution in [0.25, 0.3) is 0 Å². The van der Waals surface area contributed by atoms with Gasteiger partial charge in [0.1, 0.15) is 5.75 Å². The zero-order chi connectivity index (χ0) is 21.8. The van der Waals surface area contributed by atoms with E-state index in [0.29, 0.717) is 36.9 Å². The van der Waals surface area contributed by atoms with E-state index in [1.54, 1.807) is 0 Å². The van der Waals surface area contributed by atoms with E-state index in [0.717, 1.165) is 17.7 Å². The third-order valence-corrected chi connectivity index (χ3v) is 4.73.